The molecule has 1 aromatic carbocycles. The molecule has 28 heavy (non-hydrogen) atoms. The number of allylic oxidation sites excluding steroid dienone is 1. The third-order valence-corrected chi connectivity index (χ3v) is 6.46. The van der Waals surface area contributed by atoms with E-state index in [1.54, 1.807) is 10.6 Å². The molecule has 146 valence electrons. The second kappa shape index (κ2) is 9.21. The fourth-order valence-corrected chi connectivity index (χ4v) is 4.55. The Morgan fingerprint density at radius 2 is 2.14 bits per heavy atom. The Bertz CT molecular complexity index is 1040. The average molecular weight is 414 g/mol. The number of rotatable bonds is 8. The predicted octanol–water partition coefficient (Wildman–Crippen LogP) is 4.32. The molecule has 2 heterocycles. The van der Waals surface area contributed by atoms with Gasteiger partial charge in [-0.15, -0.1) is 17.9 Å². The molecule has 0 fully saturated rings. The van der Waals surface area contributed by atoms with Crippen molar-refractivity contribution in [3.63, 3.8) is 0 Å². The Balaban J connectivity index is 1.95. The third-order valence-electron chi connectivity index (χ3n) is 4.32. The van der Waals surface area contributed by atoms with Crippen molar-refractivity contribution in [3.05, 3.63) is 59.4 Å². The summed E-state index contributed by atoms with van der Waals surface area (Å²) in [6.45, 7) is 8.09. The molecule has 0 aliphatic heterocycles. The van der Waals surface area contributed by atoms with Crippen molar-refractivity contribution >= 4 is 39.2 Å². The molecular formula is C21H23N3O2S2. The number of nitrogens with zero attached hydrogens (tertiary/aromatic N) is 2. The molecule has 7 heteroatoms. The minimum atomic E-state index is -0.0954. The lowest BCUT2D eigenvalue weighted by Crippen LogP contribution is -2.33. The van der Waals surface area contributed by atoms with E-state index in [0.717, 1.165) is 16.9 Å². The third kappa shape index (κ3) is 4.54. The van der Waals surface area contributed by atoms with Crippen LogP contribution in [0.1, 0.15) is 20.3 Å². The number of benzene rings is 1. The van der Waals surface area contributed by atoms with Crippen LogP contribution in [0.25, 0.3) is 20.7 Å². The highest BCUT2D eigenvalue weighted by Gasteiger charge is 2.16. The van der Waals surface area contributed by atoms with Crippen molar-refractivity contribution in [2.75, 3.05) is 5.75 Å². The van der Waals surface area contributed by atoms with E-state index in [9.17, 15) is 9.59 Å². The van der Waals surface area contributed by atoms with Gasteiger partial charge in [-0.3, -0.25) is 14.2 Å². The lowest BCUT2D eigenvalue weighted by Gasteiger charge is -2.12. The van der Waals surface area contributed by atoms with Gasteiger partial charge in [-0.05, 0) is 25.0 Å². The number of carbonyl (C=O) groups excluding carboxylic acids is 1. The first-order chi connectivity index (χ1) is 13.5. The van der Waals surface area contributed by atoms with E-state index in [-0.39, 0.29) is 23.3 Å². The molecule has 0 bridgehead atoms. The Kier molecular flexibility index (Phi) is 6.70. The van der Waals surface area contributed by atoms with E-state index < -0.39 is 0 Å². The Morgan fingerprint density at radius 3 is 2.82 bits per heavy atom. The van der Waals surface area contributed by atoms with Crippen LogP contribution in [-0.2, 0) is 11.3 Å². The van der Waals surface area contributed by atoms with E-state index in [2.05, 4.69) is 16.9 Å². The summed E-state index contributed by atoms with van der Waals surface area (Å²) in [4.78, 5) is 30.8. The van der Waals surface area contributed by atoms with Gasteiger partial charge in [0.1, 0.15) is 4.70 Å². The fraction of sp³-hybridized carbons (Fsp3) is 0.286. The molecule has 1 amide bonds. The maximum atomic E-state index is 13.0. The van der Waals surface area contributed by atoms with Crippen molar-refractivity contribution in [2.45, 2.75) is 38.0 Å². The lowest BCUT2D eigenvalue weighted by molar-refractivity contribution is -0.119. The molecule has 2 aromatic heterocycles. The topological polar surface area (TPSA) is 64.0 Å². The fourth-order valence-electron chi connectivity index (χ4n) is 2.68. The number of thioether (sulfide) groups is 1. The van der Waals surface area contributed by atoms with Crippen LogP contribution in [0.2, 0.25) is 0 Å². The van der Waals surface area contributed by atoms with Crippen LogP contribution >= 0.6 is 23.1 Å². The van der Waals surface area contributed by atoms with Crippen molar-refractivity contribution in [2.24, 2.45) is 0 Å². The van der Waals surface area contributed by atoms with Crippen LogP contribution < -0.4 is 10.9 Å². The van der Waals surface area contributed by atoms with Crippen molar-refractivity contribution in [1.29, 1.82) is 0 Å². The lowest BCUT2D eigenvalue weighted by atomic mass is 10.2. The molecule has 1 unspecified atom stereocenters. The second-order valence-corrected chi connectivity index (χ2v) is 8.45. The van der Waals surface area contributed by atoms with E-state index in [1.165, 1.54) is 23.1 Å². The quantitative estimate of drug-likeness (QED) is 0.339. The molecule has 0 spiro atoms. The largest absolute Gasteiger partial charge is 0.353 e. The summed E-state index contributed by atoms with van der Waals surface area (Å²) in [7, 11) is 0. The summed E-state index contributed by atoms with van der Waals surface area (Å²) >= 11 is 2.72. The number of amides is 1. The number of aromatic nitrogens is 2. The normalized spacial score (nSPS) is 12.1. The van der Waals surface area contributed by atoms with Crippen LogP contribution in [0.3, 0.4) is 0 Å². The zero-order chi connectivity index (χ0) is 20.1. The Labute approximate surface area is 172 Å². The van der Waals surface area contributed by atoms with Crippen molar-refractivity contribution in [1.82, 2.24) is 14.9 Å². The summed E-state index contributed by atoms with van der Waals surface area (Å²) in [5.74, 6) is 0.156. The standard InChI is InChI=1S/C21H23N3O2S2/c1-4-11-24-20(26)19-16(12-17(28-19)15-9-7-6-8-10-15)23-21(24)27-13-18(25)22-14(3)5-2/h4,6-10,12,14H,1,5,11,13H2,2-3H3,(H,22,25). The number of nitrogens with one attached hydrogen (secondary N) is 1. The highest BCUT2D eigenvalue weighted by atomic mass is 32.2. The van der Waals surface area contributed by atoms with Crippen molar-refractivity contribution < 1.29 is 4.79 Å². The molecular weight excluding hydrogens is 390 g/mol. The van der Waals surface area contributed by atoms with Gasteiger partial charge in [0, 0.05) is 17.5 Å². The molecule has 0 aliphatic rings. The van der Waals surface area contributed by atoms with Crippen LogP contribution in [-0.4, -0.2) is 27.3 Å². The molecule has 0 radical (unpaired) electrons. The highest BCUT2D eigenvalue weighted by molar-refractivity contribution is 7.99. The zero-order valence-electron chi connectivity index (χ0n) is 16.0. The minimum absolute atomic E-state index is 0.0610. The van der Waals surface area contributed by atoms with E-state index in [0.29, 0.717) is 21.9 Å². The summed E-state index contributed by atoms with van der Waals surface area (Å²) in [5, 5.41) is 3.47. The molecule has 1 atom stereocenters. The van der Waals surface area contributed by atoms with Gasteiger partial charge >= 0.3 is 0 Å². The van der Waals surface area contributed by atoms with Gasteiger partial charge in [0.05, 0.1) is 11.3 Å². The molecule has 5 nitrogen and oxygen atoms in total. The highest BCUT2D eigenvalue weighted by Crippen LogP contribution is 2.31. The number of fused-ring (bicyclic) bond motifs is 1. The first-order valence-corrected chi connectivity index (χ1v) is 11.0. The van der Waals surface area contributed by atoms with Gasteiger partial charge in [-0.1, -0.05) is 55.1 Å². The van der Waals surface area contributed by atoms with Gasteiger partial charge in [0.25, 0.3) is 5.56 Å². The summed E-state index contributed by atoms with van der Waals surface area (Å²) in [5.41, 5.74) is 1.63. The minimum Gasteiger partial charge on any atom is -0.353 e. The molecule has 0 aliphatic carbocycles. The molecule has 0 saturated heterocycles. The maximum absolute atomic E-state index is 13.0. The molecule has 0 saturated carbocycles. The first kappa shape index (κ1) is 20.4. The Hall–Kier alpha value is -2.38. The second-order valence-electron chi connectivity index (χ2n) is 6.46. The van der Waals surface area contributed by atoms with Gasteiger partial charge in [0.15, 0.2) is 5.16 Å². The van der Waals surface area contributed by atoms with E-state index >= 15 is 0 Å². The molecule has 3 aromatic rings. The van der Waals surface area contributed by atoms with Crippen LogP contribution in [0, 0.1) is 0 Å². The number of hydrogen-bond acceptors (Lipinski definition) is 5. The smallest absolute Gasteiger partial charge is 0.272 e. The average Bonchev–Trinajstić information content (AvgIpc) is 3.14. The number of carbonyl (C=O) groups is 1. The summed E-state index contributed by atoms with van der Waals surface area (Å²) in [6.07, 6.45) is 2.54. The van der Waals surface area contributed by atoms with E-state index in [1.807, 2.05) is 50.2 Å². The molecule has 3 rings (SSSR count). The van der Waals surface area contributed by atoms with Gasteiger partial charge < -0.3 is 5.32 Å². The van der Waals surface area contributed by atoms with Crippen LogP contribution in [0.4, 0.5) is 0 Å². The van der Waals surface area contributed by atoms with Gasteiger partial charge in [0.2, 0.25) is 5.91 Å². The van der Waals surface area contributed by atoms with Crippen LogP contribution in [0.5, 0.6) is 0 Å². The zero-order valence-corrected chi connectivity index (χ0v) is 17.6. The van der Waals surface area contributed by atoms with E-state index in [4.69, 9.17) is 0 Å². The summed E-state index contributed by atoms with van der Waals surface area (Å²) < 4.78 is 2.20. The SMILES string of the molecule is C=CCn1c(SCC(=O)NC(C)CC)nc2cc(-c3ccccc3)sc2c1=O. The number of thiophene rings is 1. The van der Waals surface area contributed by atoms with Gasteiger partial charge in [-0.25, -0.2) is 4.98 Å². The maximum Gasteiger partial charge on any atom is 0.272 e. The Morgan fingerprint density at radius 1 is 1.39 bits per heavy atom. The molecule has 1 N–H and O–H groups in total. The number of hydrogen-bond donors (Lipinski definition) is 1. The van der Waals surface area contributed by atoms with Gasteiger partial charge in [-0.2, -0.15) is 0 Å². The monoisotopic (exact) mass is 413 g/mol. The first-order valence-electron chi connectivity index (χ1n) is 9.16. The summed E-state index contributed by atoms with van der Waals surface area (Å²) in [6, 6.07) is 12.0. The van der Waals surface area contributed by atoms with Crippen molar-refractivity contribution in [3.8, 4) is 10.4 Å². The predicted molar refractivity (Wildman–Crippen MR) is 118 cm³/mol. The van der Waals surface area contributed by atoms with Crippen LogP contribution in [0.15, 0.2) is 59.0 Å².